The standard InChI is InChI=1S/C25H34N4O4.C23H30N4O4/c1-2-4-23(32-15-21-14-30-11-12-31-21)22(3-1)19-6-9-28(10-7-19)20-5-8-25(13-20)16-29(17-25)24-27-26-18-33-24;1-2-30-21(29)20-24-25-22(31-20)27-14-23(15-27)10-7-17(13-23)26-11-8-16(9-12-26)18-5-3-4-6-19(18)28/h1-4,18-21H,5-17H2;3-6,16-17,28H,2,7-15H2,1H3/t20-,21-;17-/m11/s1. The first kappa shape index (κ1) is 43.1. The summed E-state index contributed by atoms with van der Waals surface area (Å²) >= 11 is 0. The number of aromatic hydroxyl groups is 1. The van der Waals surface area contributed by atoms with Gasteiger partial charge in [0.25, 0.3) is 0 Å². The zero-order valence-electron chi connectivity index (χ0n) is 37.2. The maximum atomic E-state index is 11.7. The highest BCUT2D eigenvalue weighted by atomic mass is 16.6. The van der Waals surface area contributed by atoms with Gasteiger partial charge in [0.15, 0.2) is 0 Å². The highest BCUT2D eigenvalue weighted by molar-refractivity contribution is 5.84. The molecule has 2 spiro atoms. The van der Waals surface area contributed by atoms with E-state index < -0.39 is 5.97 Å². The number of rotatable bonds is 11. The highest BCUT2D eigenvalue weighted by Gasteiger charge is 2.52. The number of benzene rings is 2. The van der Waals surface area contributed by atoms with Crippen LogP contribution in [-0.4, -0.2) is 145 Å². The molecule has 0 radical (unpaired) electrons. The van der Waals surface area contributed by atoms with Crippen molar-refractivity contribution in [1.29, 1.82) is 0 Å². The van der Waals surface area contributed by atoms with Crippen molar-refractivity contribution >= 4 is 18.0 Å². The van der Waals surface area contributed by atoms with E-state index >= 15 is 0 Å². The third kappa shape index (κ3) is 9.33. The maximum Gasteiger partial charge on any atom is 0.396 e. The summed E-state index contributed by atoms with van der Waals surface area (Å²) in [7, 11) is 0. The number of hydrogen-bond acceptors (Lipinski definition) is 16. The minimum atomic E-state index is -0.565. The number of anilines is 2. The van der Waals surface area contributed by atoms with E-state index in [0.29, 0.717) is 79.0 Å². The smallest absolute Gasteiger partial charge is 0.396 e. The van der Waals surface area contributed by atoms with Gasteiger partial charge in [0.1, 0.15) is 24.2 Å². The predicted molar refractivity (Wildman–Crippen MR) is 237 cm³/mol. The number of hydrogen-bond donors (Lipinski definition) is 1. The first-order chi connectivity index (χ1) is 31.3. The van der Waals surface area contributed by atoms with E-state index in [1.807, 2.05) is 12.1 Å². The van der Waals surface area contributed by atoms with E-state index in [9.17, 15) is 9.90 Å². The summed E-state index contributed by atoms with van der Waals surface area (Å²) in [6.07, 6.45) is 13.6. The summed E-state index contributed by atoms with van der Waals surface area (Å²) < 4.78 is 33.2. The molecule has 7 aliphatic rings. The summed E-state index contributed by atoms with van der Waals surface area (Å²) in [4.78, 5) is 21.4. The van der Waals surface area contributed by atoms with Gasteiger partial charge >= 0.3 is 23.9 Å². The molecule has 2 saturated carbocycles. The lowest BCUT2D eigenvalue weighted by Crippen LogP contribution is -2.56. The lowest BCUT2D eigenvalue weighted by Gasteiger charge is -2.48. The van der Waals surface area contributed by atoms with Crippen molar-refractivity contribution in [3.63, 3.8) is 0 Å². The van der Waals surface area contributed by atoms with Crippen LogP contribution in [0.15, 0.2) is 63.8 Å². The van der Waals surface area contributed by atoms with Crippen molar-refractivity contribution in [2.45, 2.75) is 101 Å². The molecule has 11 rings (SSSR count). The van der Waals surface area contributed by atoms with Gasteiger partial charge < -0.3 is 52.5 Å². The quantitative estimate of drug-likeness (QED) is 0.167. The van der Waals surface area contributed by atoms with Crippen LogP contribution in [0, 0.1) is 10.8 Å². The van der Waals surface area contributed by atoms with E-state index in [1.165, 1.54) is 76.4 Å². The normalized spacial score (nSPS) is 26.0. The lowest BCUT2D eigenvalue weighted by molar-refractivity contribution is -0.101. The van der Waals surface area contributed by atoms with Gasteiger partial charge in [-0.2, -0.15) is 0 Å². The SMILES string of the molecule is CCOC(=O)c1nnc(N2CC3(CC[C@@H](N4CCC(c5ccccc5O)CC4)C3)C2)o1.c1ccc(C2CCN([C@@H]3CCC4(C3)CN(c3nnco3)C4)CC2)c(OC[C@H]2COCCO2)c1. The van der Waals surface area contributed by atoms with Gasteiger partial charge in [-0.3, -0.25) is 0 Å². The Labute approximate surface area is 375 Å². The molecular formula is C48H64N8O8. The summed E-state index contributed by atoms with van der Waals surface area (Å²) in [5.41, 5.74) is 3.21. The number of aromatic nitrogens is 4. The fourth-order valence-corrected chi connectivity index (χ4v) is 12.0. The van der Waals surface area contributed by atoms with Gasteiger partial charge in [0.05, 0.1) is 26.4 Å². The number of phenols is 1. The molecule has 2 aromatic carbocycles. The minimum Gasteiger partial charge on any atom is -0.508 e. The molecule has 2 aliphatic carbocycles. The number of piperidine rings is 2. The Morgan fingerprint density at radius 1 is 0.766 bits per heavy atom. The Hall–Kier alpha value is -4.77. The van der Waals surface area contributed by atoms with E-state index in [0.717, 1.165) is 63.4 Å². The molecule has 5 aliphatic heterocycles. The van der Waals surface area contributed by atoms with Crippen LogP contribution < -0.4 is 14.5 Å². The van der Waals surface area contributed by atoms with Crippen molar-refractivity contribution in [1.82, 2.24) is 30.2 Å². The number of carbonyl (C=O) groups excluding carboxylic acids is 1. The Kier molecular flexibility index (Phi) is 12.8. The molecule has 2 aromatic heterocycles. The number of para-hydroxylation sites is 2. The zero-order chi connectivity index (χ0) is 43.5. The second-order valence-corrected chi connectivity index (χ2v) is 19.4. The number of phenolic OH excluding ortho intramolecular Hbond substituents is 1. The van der Waals surface area contributed by atoms with Crippen LogP contribution >= 0.6 is 0 Å². The summed E-state index contributed by atoms with van der Waals surface area (Å²) in [6.45, 7) is 13.0. The number of carbonyl (C=O) groups is 1. The van der Waals surface area contributed by atoms with Crippen LogP contribution in [0.4, 0.5) is 12.0 Å². The average Bonchev–Trinajstić information content (AvgIpc) is 4.16. The van der Waals surface area contributed by atoms with E-state index in [2.05, 4.69) is 70.3 Å². The molecule has 16 heteroatoms. The van der Waals surface area contributed by atoms with E-state index in [-0.39, 0.29) is 18.6 Å². The van der Waals surface area contributed by atoms with E-state index in [4.69, 9.17) is 27.8 Å². The van der Waals surface area contributed by atoms with Crippen LogP contribution in [0.1, 0.15) is 105 Å². The molecule has 7 fully saturated rings. The second-order valence-electron chi connectivity index (χ2n) is 19.4. The third-order valence-corrected chi connectivity index (χ3v) is 15.3. The molecule has 0 unspecified atom stereocenters. The summed E-state index contributed by atoms with van der Waals surface area (Å²) in [5.74, 6) is 1.83. The van der Waals surface area contributed by atoms with Gasteiger partial charge in [0.2, 0.25) is 6.39 Å². The molecule has 0 amide bonds. The van der Waals surface area contributed by atoms with Gasteiger partial charge in [-0.1, -0.05) is 51.7 Å². The van der Waals surface area contributed by atoms with Gasteiger partial charge in [-0.25, -0.2) is 4.79 Å². The minimum absolute atomic E-state index is 0.0330. The van der Waals surface area contributed by atoms with Crippen molar-refractivity contribution in [3.05, 3.63) is 71.9 Å². The van der Waals surface area contributed by atoms with Gasteiger partial charge in [-0.15, -0.1) is 5.10 Å². The van der Waals surface area contributed by atoms with Crippen LogP contribution in [0.25, 0.3) is 0 Å². The van der Waals surface area contributed by atoms with Crippen LogP contribution in [0.2, 0.25) is 0 Å². The molecule has 1 N–H and O–H groups in total. The number of esters is 1. The molecule has 4 aromatic rings. The number of likely N-dealkylation sites (tertiary alicyclic amines) is 2. The molecule has 16 nitrogen and oxygen atoms in total. The fourth-order valence-electron chi connectivity index (χ4n) is 12.0. The lowest BCUT2D eigenvalue weighted by atomic mass is 9.78. The maximum absolute atomic E-state index is 11.7. The van der Waals surface area contributed by atoms with E-state index in [1.54, 1.807) is 13.0 Å². The van der Waals surface area contributed by atoms with Gasteiger partial charge in [-0.05, 0) is 132 Å². The van der Waals surface area contributed by atoms with Crippen molar-refractivity contribution in [3.8, 4) is 11.5 Å². The van der Waals surface area contributed by atoms with Crippen molar-refractivity contribution in [2.75, 3.05) is 95.2 Å². The Morgan fingerprint density at radius 3 is 2.00 bits per heavy atom. The Balaban J connectivity index is 0.000000152. The molecule has 64 heavy (non-hydrogen) atoms. The second kappa shape index (κ2) is 19.0. The average molecular weight is 881 g/mol. The van der Waals surface area contributed by atoms with Crippen molar-refractivity contribution < 1.29 is 37.7 Å². The summed E-state index contributed by atoms with van der Waals surface area (Å²) in [5, 5.41) is 25.9. The van der Waals surface area contributed by atoms with Crippen LogP contribution in [0.5, 0.6) is 11.5 Å². The summed E-state index contributed by atoms with van der Waals surface area (Å²) in [6, 6.07) is 18.8. The highest BCUT2D eigenvalue weighted by Crippen LogP contribution is 2.50. The monoisotopic (exact) mass is 880 g/mol. The molecule has 7 heterocycles. The molecule has 0 bridgehead atoms. The van der Waals surface area contributed by atoms with Gasteiger partial charge in [0, 0.05) is 49.1 Å². The number of ether oxygens (including phenoxy) is 4. The molecule has 3 atom stereocenters. The molecule has 5 saturated heterocycles. The molecule has 344 valence electrons. The topological polar surface area (TPSA) is 165 Å². The fraction of sp³-hybridized carbons (Fsp3) is 0.646. The Bertz CT molecular complexity index is 2140. The number of nitrogens with zero attached hydrogens (tertiary/aromatic N) is 8. The zero-order valence-corrected chi connectivity index (χ0v) is 37.2. The largest absolute Gasteiger partial charge is 0.508 e. The first-order valence-corrected chi connectivity index (χ1v) is 23.8. The van der Waals surface area contributed by atoms with Crippen LogP contribution in [-0.2, 0) is 14.2 Å². The predicted octanol–water partition coefficient (Wildman–Crippen LogP) is 6.29. The first-order valence-electron chi connectivity index (χ1n) is 23.8. The van der Waals surface area contributed by atoms with Crippen molar-refractivity contribution in [2.24, 2.45) is 10.8 Å². The Morgan fingerprint density at radius 2 is 1.39 bits per heavy atom. The third-order valence-electron chi connectivity index (χ3n) is 15.3. The molecular weight excluding hydrogens is 817 g/mol. The van der Waals surface area contributed by atoms with Crippen LogP contribution in [0.3, 0.4) is 0 Å².